The maximum atomic E-state index is 11.8. The van der Waals surface area contributed by atoms with E-state index in [0.29, 0.717) is 23.7 Å². The fourth-order valence-electron chi connectivity index (χ4n) is 2.95. The molecule has 0 amide bonds. The Hall–Kier alpha value is -2.13. The van der Waals surface area contributed by atoms with Crippen LogP contribution in [0.2, 0.25) is 5.02 Å². The largest absolute Gasteiger partial charge is 0.476 e. The second-order valence-corrected chi connectivity index (χ2v) is 8.45. The number of carboxylic acids is 1. The zero-order chi connectivity index (χ0) is 18.2. The van der Waals surface area contributed by atoms with Crippen molar-refractivity contribution in [2.45, 2.75) is 19.4 Å². The third-order valence-corrected chi connectivity index (χ3v) is 6.09. The molecule has 10 heteroatoms. The number of aromatic carboxylic acids is 1. The van der Waals surface area contributed by atoms with Crippen molar-refractivity contribution in [3.05, 3.63) is 35.0 Å². The summed E-state index contributed by atoms with van der Waals surface area (Å²) in [6, 6.07) is 6.42. The highest BCUT2D eigenvalue weighted by Crippen LogP contribution is 2.26. The Morgan fingerprint density at radius 3 is 2.76 bits per heavy atom. The fraction of sp³-hybridized carbons (Fsp3) is 0.400. The molecular formula is C15H17ClN4O4S. The van der Waals surface area contributed by atoms with Crippen LogP contribution < -0.4 is 4.90 Å². The van der Waals surface area contributed by atoms with E-state index < -0.39 is 15.8 Å². The highest BCUT2D eigenvalue weighted by molar-refractivity contribution is 7.91. The average molecular weight is 385 g/mol. The minimum absolute atomic E-state index is 0.01000. The summed E-state index contributed by atoms with van der Waals surface area (Å²) < 4.78 is 23.6. The molecule has 1 fully saturated rings. The molecule has 8 nitrogen and oxygen atoms in total. The third-order valence-electron chi connectivity index (χ3n) is 4.10. The topological polar surface area (TPSA) is 105 Å². The standard InChI is InChI=1S/C15H17ClN4O4S/c1-2-19(12-6-7-25(23,24)9-12)14-13(15(21)22)17-20(18-14)11-5-3-4-10(16)8-11/h3-5,8,12H,2,6-7,9H2,1H3,(H,21,22). The smallest absolute Gasteiger partial charge is 0.360 e. The van der Waals surface area contributed by atoms with Crippen LogP contribution in [0.25, 0.3) is 5.69 Å². The second kappa shape index (κ2) is 6.64. The fourth-order valence-corrected chi connectivity index (χ4v) is 4.86. The molecule has 0 spiro atoms. The van der Waals surface area contributed by atoms with Crippen molar-refractivity contribution in [3.8, 4) is 5.69 Å². The molecule has 25 heavy (non-hydrogen) atoms. The van der Waals surface area contributed by atoms with Crippen LogP contribution in [-0.4, -0.2) is 58.6 Å². The minimum atomic E-state index is -3.10. The molecule has 1 atom stereocenters. The lowest BCUT2D eigenvalue weighted by Gasteiger charge is -2.26. The van der Waals surface area contributed by atoms with Crippen LogP contribution in [0.15, 0.2) is 24.3 Å². The Morgan fingerprint density at radius 2 is 2.20 bits per heavy atom. The number of rotatable bonds is 5. The van der Waals surface area contributed by atoms with Gasteiger partial charge in [-0.05, 0) is 31.5 Å². The van der Waals surface area contributed by atoms with E-state index in [9.17, 15) is 18.3 Å². The quantitative estimate of drug-likeness (QED) is 0.835. The molecule has 2 aromatic rings. The molecule has 1 N–H and O–H groups in total. The first-order valence-corrected chi connectivity index (χ1v) is 9.94. The van der Waals surface area contributed by atoms with Gasteiger partial charge in [0, 0.05) is 17.6 Å². The zero-order valence-electron chi connectivity index (χ0n) is 13.5. The Bertz CT molecular complexity index is 912. The molecule has 1 aliphatic rings. The van der Waals surface area contributed by atoms with Crippen LogP contribution in [0, 0.1) is 0 Å². The van der Waals surface area contributed by atoms with E-state index in [4.69, 9.17) is 11.6 Å². The number of sulfone groups is 1. The minimum Gasteiger partial charge on any atom is -0.476 e. The lowest BCUT2D eigenvalue weighted by Crippen LogP contribution is -2.37. The maximum absolute atomic E-state index is 11.8. The van der Waals surface area contributed by atoms with Gasteiger partial charge >= 0.3 is 5.97 Å². The highest BCUT2D eigenvalue weighted by Gasteiger charge is 2.35. The molecular weight excluding hydrogens is 368 g/mol. The van der Waals surface area contributed by atoms with E-state index in [0.717, 1.165) is 0 Å². The van der Waals surface area contributed by atoms with Crippen molar-refractivity contribution in [1.29, 1.82) is 0 Å². The van der Waals surface area contributed by atoms with Gasteiger partial charge in [-0.15, -0.1) is 15.0 Å². The molecule has 1 aromatic heterocycles. The normalized spacial score (nSPS) is 19.0. The third kappa shape index (κ3) is 3.62. The summed E-state index contributed by atoms with van der Waals surface area (Å²) in [6.07, 6.45) is 0.444. The van der Waals surface area contributed by atoms with Crippen molar-refractivity contribution < 1.29 is 18.3 Å². The van der Waals surface area contributed by atoms with Gasteiger partial charge in [0.1, 0.15) is 0 Å². The van der Waals surface area contributed by atoms with E-state index in [-0.39, 0.29) is 29.1 Å². The van der Waals surface area contributed by atoms with E-state index in [1.54, 1.807) is 29.2 Å². The van der Waals surface area contributed by atoms with Crippen molar-refractivity contribution >= 4 is 33.2 Å². The summed E-state index contributed by atoms with van der Waals surface area (Å²) >= 11 is 5.97. The first-order valence-electron chi connectivity index (χ1n) is 7.74. The van der Waals surface area contributed by atoms with Gasteiger partial charge in [-0.25, -0.2) is 13.2 Å². The number of halogens is 1. The Balaban J connectivity index is 2.03. The summed E-state index contributed by atoms with van der Waals surface area (Å²) in [6.45, 7) is 2.25. The van der Waals surface area contributed by atoms with Crippen LogP contribution >= 0.6 is 11.6 Å². The molecule has 1 saturated heterocycles. The number of anilines is 1. The highest BCUT2D eigenvalue weighted by atomic mass is 35.5. The van der Waals surface area contributed by atoms with Gasteiger partial charge in [-0.1, -0.05) is 17.7 Å². The second-order valence-electron chi connectivity index (χ2n) is 5.79. The number of hydrogen-bond donors (Lipinski definition) is 1. The average Bonchev–Trinajstić information content (AvgIpc) is 3.12. The molecule has 0 bridgehead atoms. The van der Waals surface area contributed by atoms with Gasteiger partial charge in [-0.3, -0.25) is 0 Å². The van der Waals surface area contributed by atoms with Crippen LogP contribution in [0.5, 0.6) is 0 Å². The summed E-state index contributed by atoms with van der Waals surface area (Å²) in [5.41, 5.74) is 0.308. The van der Waals surface area contributed by atoms with E-state index in [1.165, 1.54) is 4.80 Å². The van der Waals surface area contributed by atoms with Crippen molar-refractivity contribution in [2.75, 3.05) is 23.0 Å². The lowest BCUT2D eigenvalue weighted by atomic mass is 10.2. The predicted octanol–water partition coefficient (Wildman–Crippen LogP) is 1.63. The van der Waals surface area contributed by atoms with Crippen LogP contribution in [0.4, 0.5) is 5.82 Å². The Kier molecular flexibility index (Phi) is 4.70. The van der Waals surface area contributed by atoms with Crippen LogP contribution in [-0.2, 0) is 9.84 Å². The van der Waals surface area contributed by atoms with Crippen LogP contribution in [0.3, 0.4) is 0 Å². The molecule has 1 aliphatic heterocycles. The SMILES string of the molecule is CCN(c1nn(-c2cccc(Cl)c2)nc1C(=O)O)C1CCS(=O)(=O)C1. The van der Waals surface area contributed by atoms with Crippen LogP contribution in [0.1, 0.15) is 23.8 Å². The number of nitrogens with zero attached hydrogens (tertiary/aromatic N) is 4. The van der Waals surface area contributed by atoms with Gasteiger partial charge in [0.05, 0.1) is 17.2 Å². The molecule has 0 saturated carbocycles. The summed E-state index contributed by atoms with van der Waals surface area (Å²) in [5.74, 6) is -0.970. The van der Waals surface area contributed by atoms with Crippen molar-refractivity contribution in [3.63, 3.8) is 0 Å². The van der Waals surface area contributed by atoms with Crippen molar-refractivity contribution in [2.24, 2.45) is 0 Å². The van der Waals surface area contributed by atoms with Crippen molar-refractivity contribution in [1.82, 2.24) is 15.0 Å². The predicted molar refractivity (Wildman–Crippen MR) is 93.4 cm³/mol. The van der Waals surface area contributed by atoms with Gasteiger partial charge in [0.25, 0.3) is 0 Å². The molecule has 1 aromatic carbocycles. The number of aromatic nitrogens is 3. The van der Waals surface area contributed by atoms with Gasteiger partial charge in [0.15, 0.2) is 15.7 Å². The zero-order valence-corrected chi connectivity index (χ0v) is 15.0. The summed E-state index contributed by atoms with van der Waals surface area (Å²) in [7, 11) is -3.10. The molecule has 2 heterocycles. The van der Waals surface area contributed by atoms with Gasteiger partial charge in [-0.2, -0.15) is 0 Å². The van der Waals surface area contributed by atoms with Gasteiger partial charge < -0.3 is 10.0 Å². The monoisotopic (exact) mass is 384 g/mol. The van der Waals surface area contributed by atoms with E-state index in [2.05, 4.69) is 10.2 Å². The Labute approximate surface area is 149 Å². The van der Waals surface area contributed by atoms with E-state index in [1.807, 2.05) is 6.92 Å². The first kappa shape index (κ1) is 17.7. The molecule has 3 rings (SSSR count). The molecule has 1 unspecified atom stereocenters. The Morgan fingerprint density at radius 1 is 1.44 bits per heavy atom. The number of hydrogen-bond acceptors (Lipinski definition) is 6. The molecule has 0 aliphatic carbocycles. The maximum Gasteiger partial charge on any atom is 0.360 e. The number of carbonyl (C=O) groups is 1. The first-order chi connectivity index (χ1) is 11.8. The summed E-state index contributed by atoms with van der Waals surface area (Å²) in [5, 5.41) is 18.3. The van der Waals surface area contributed by atoms with Gasteiger partial charge in [0.2, 0.25) is 5.69 Å². The number of carboxylic acid groups (broad SMARTS) is 1. The van der Waals surface area contributed by atoms with E-state index >= 15 is 0 Å². The number of benzene rings is 1. The molecule has 0 radical (unpaired) electrons. The lowest BCUT2D eigenvalue weighted by molar-refractivity contribution is 0.0690. The molecule has 134 valence electrons. The summed E-state index contributed by atoms with van der Waals surface area (Å²) in [4.78, 5) is 14.5.